The fourth-order valence-corrected chi connectivity index (χ4v) is 2.54. The Morgan fingerprint density at radius 3 is 2.92 bits per heavy atom. The number of nitriles is 1. The highest BCUT2D eigenvalue weighted by atomic mass is 35.5. The van der Waals surface area contributed by atoms with Gasteiger partial charge in [0.25, 0.3) is 5.91 Å². The Balaban J connectivity index is 1.81. The fraction of sp³-hybridized carbons (Fsp3) is 0.118. The lowest BCUT2D eigenvalue weighted by Gasteiger charge is -2.29. The molecule has 0 saturated heterocycles. The van der Waals surface area contributed by atoms with Gasteiger partial charge in [0, 0.05) is 5.02 Å². The zero-order valence-electron chi connectivity index (χ0n) is 12.5. The largest absolute Gasteiger partial charge is 0.482 e. The summed E-state index contributed by atoms with van der Waals surface area (Å²) in [5, 5.41) is 12.1. The molecule has 7 heteroatoms. The zero-order valence-corrected chi connectivity index (χ0v) is 13.2. The second-order valence-electron chi connectivity index (χ2n) is 5.09. The zero-order chi connectivity index (χ0) is 17.1. The molecule has 2 amide bonds. The van der Waals surface area contributed by atoms with E-state index in [-0.39, 0.29) is 19.1 Å². The highest BCUT2D eigenvalue weighted by Crippen LogP contribution is 2.34. The predicted octanol–water partition coefficient (Wildman–Crippen LogP) is 2.58. The van der Waals surface area contributed by atoms with Crippen molar-refractivity contribution in [1.29, 1.82) is 5.26 Å². The molecule has 0 bridgehead atoms. The topological polar surface area (TPSA) is 82.4 Å². The number of hydrogen-bond acceptors (Lipinski definition) is 4. The number of hydrogen-bond donors (Lipinski definition) is 1. The van der Waals surface area contributed by atoms with E-state index in [1.165, 1.54) is 4.90 Å². The Kier molecular flexibility index (Phi) is 4.36. The summed E-state index contributed by atoms with van der Waals surface area (Å²) in [5.74, 6) is -0.267. The Labute approximate surface area is 143 Å². The van der Waals surface area contributed by atoms with Gasteiger partial charge in [0.2, 0.25) is 5.91 Å². The summed E-state index contributed by atoms with van der Waals surface area (Å²) >= 11 is 5.97. The summed E-state index contributed by atoms with van der Waals surface area (Å²) in [7, 11) is 0. The van der Waals surface area contributed by atoms with Crippen molar-refractivity contribution in [1.82, 2.24) is 0 Å². The van der Waals surface area contributed by atoms with E-state index in [0.29, 0.717) is 27.7 Å². The van der Waals surface area contributed by atoms with Crippen molar-refractivity contribution in [3.63, 3.8) is 0 Å². The number of carbonyl (C=O) groups excluding carboxylic acids is 2. The molecule has 6 nitrogen and oxygen atoms in total. The number of ether oxygens (including phenoxy) is 1. The highest BCUT2D eigenvalue weighted by Gasteiger charge is 2.27. The molecular formula is C17H12ClN3O3. The number of rotatable bonds is 3. The number of halogens is 1. The van der Waals surface area contributed by atoms with Crippen molar-refractivity contribution in [2.75, 3.05) is 23.4 Å². The summed E-state index contributed by atoms with van der Waals surface area (Å²) in [6.07, 6.45) is 0. The van der Waals surface area contributed by atoms with Crippen molar-refractivity contribution >= 4 is 34.8 Å². The molecule has 0 fully saturated rings. The van der Waals surface area contributed by atoms with Gasteiger partial charge in [-0.05, 0) is 30.3 Å². The second-order valence-corrected chi connectivity index (χ2v) is 5.52. The molecule has 0 spiro atoms. The van der Waals surface area contributed by atoms with E-state index in [0.717, 1.165) is 0 Å². The molecular weight excluding hydrogens is 330 g/mol. The predicted molar refractivity (Wildman–Crippen MR) is 89.1 cm³/mol. The summed E-state index contributed by atoms with van der Waals surface area (Å²) in [6.45, 7) is -0.341. The maximum Gasteiger partial charge on any atom is 0.265 e. The quantitative estimate of drug-likeness (QED) is 0.930. The third kappa shape index (κ3) is 3.16. The van der Waals surface area contributed by atoms with Crippen molar-refractivity contribution in [2.45, 2.75) is 0 Å². The number of amides is 2. The lowest BCUT2D eigenvalue weighted by molar-refractivity contribution is -0.123. The van der Waals surface area contributed by atoms with E-state index in [1.54, 1.807) is 42.5 Å². The number of fused-ring (bicyclic) bond motifs is 1. The minimum Gasteiger partial charge on any atom is -0.482 e. The molecule has 120 valence electrons. The van der Waals surface area contributed by atoms with Gasteiger partial charge in [-0.15, -0.1) is 0 Å². The average molecular weight is 342 g/mol. The first-order valence-electron chi connectivity index (χ1n) is 7.10. The molecule has 2 aromatic carbocycles. The number of carbonyl (C=O) groups is 2. The van der Waals surface area contributed by atoms with Gasteiger partial charge in [-0.2, -0.15) is 5.26 Å². The number of nitrogens with one attached hydrogen (secondary N) is 1. The summed E-state index contributed by atoms with van der Waals surface area (Å²) < 4.78 is 5.33. The average Bonchev–Trinajstić information content (AvgIpc) is 2.58. The maximum atomic E-state index is 12.3. The van der Waals surface area contributed by atoms with E-state index in [4.69, 9.17) is 21.6 Å². The lowest BCUT2D eigenvalue weighted by Crippen LogP contribution is -2.43. The van der Waals surface area contributed by atoms with Crippen LogP contribution >= 0.6 is 11.6 Å². The normalized spacial score (nSPS) is 12.8. The molecule has 3 rings (SSSR count). The van der Waals surface area contributed by atoms with Gasteiger partial charge in [-0.1, -0.05) is 23.7 Å². The summed E-state index contributed by atoms with van der Waals surface area (Å²) in [4.78, 5) is 25.7. The van der Waals surface area contributed by atoms with Gasteiger partial charge < -0.3 is 10.1 Å². The summed E-state index contributed by atoms with van der Waals surface area (Å²) in [5.41, 5.74) is 1.20. The molecule has 2 aromatic rings. The Morgan fingerprint density at radius 1 is 1.33 bits per heavy atom. The van der Waals surface area contributed by atoms with Crippen molar-refractivity contribution in [3.8, 4) is 11.8 Å². The van der Waals surface area contributed by atoms with Crippen molar-refractivity contribution in [3.05, 3.63) is 53.1 Å². The first-order chi connectivity index (χ1) is 11.6. The molecule has 0 radical (unpaired) electrons. The molecule has 1 aliphatic heterocycles. The van der Waals surface area contributed by atoms with Crippen molar-refractivity contribution < 1.29 is 14.3 Å². The van der Waals surface area contributed by atoms with Crippen LogP contribution in [0.2, 0.25) is 5.02 Å². The van der Waals surface area contributed by atoms with E-state index in [9.17, 15) is 9.59 Å². The molecule has 0 unspecified atom stereocenters. The third-order valence-electron chi connectivity index (χ3n) is 3.49. The Bertz CT molecular complexity index is 860. The molecule has 1 aliphatic rings. The van der Waals surface area contributed by atoms with Crippen LogP contribution in [0.3, 0.4) is 0 Å². The van der Waals surface area contributed by atoms with Crippen LogP contribution in [0, 0.1) is 11.3 Å². The van der Waals surface area contributed by atoms with E-state index >= 15 is 0 Å². The number of para-hydroxylation sites is 1. The molecule has 1 N–H and O–H groups in total. The van der Waals surface area contributed by atoms with Gasteiger partial charge in [0.05, 0.1) is 16.9 Å². The molecule has 0 saturated carbocycles. The lowest BCUT2D eigenvalue weighted by atomic mass is 10.2. The first kappa shape index (κ1) is 15.8. The van der Waals surface area contributed by atoms with Gasteiger partial charge in [-0.25, -0.2) is 0 Å². The maximum absolute atomic E-state index is 12.3. The van der Waals surface area contributed by atoms with Crippen LogP contribution in [-0.2, 0) is 9.59 Å². The van der Waals surface area contributed by atoms with Crippen LogP contribution < -0.4 is 15.0 Å². The van der Waals surface area contributed by atoms with E-state index in [1.807, 2.05) is 6.07 Å². The van der Waals surface area contributed by atoms with Crippen LogP contribution in [0.5, 0.6) is 5.75 Å². The van der Waals surface area contributed by atoms with Gasteiger partial charge in [0.1, 0.15) is 18.4 Å². The molecule has 0 aliphatic carbocycles. The van der Waals surface area contributed by atoms with Gasteiger partial charge in [-0.3, -0.25) is 14.5 Å². The SMILES string of the molecule is N#Cc1ccccc1NC(=O)CN1C(=O)COc2ccc(Cl)cc21. The Hall–Kier alpha value is -3.04. The van der Waals surface area contributed by atoms with Crippen LogP contribution in [0.4, 0.5) is 11.4 Å². The monoisotopic (exact) mass is 341 g/mol. The fourth-order valence-electron chi connectivity index (χ4n) is 2.37. The van der Waals surface area contributed by atoms with Gasteiger partial charge in [0.15, 0.2) is 6.61 Å². The molecule has 0 atom stereocenters. The standard InChI is InChI=1S/C17H12ClN3O3/c18-12-5-6-15-14(7-12)21(17(23)10-24-15)9-16(22)20-13-4-2-1-3-11(13)8-19/h1-7H,9-10H2,(H,20,22). The van der Waals surface area contributed by atoms with Crippen LogP contribution in [0.15, 0.2) is 42.5 Å². The number of anilines is 2. The number of benzene rings is 2. The first-order valence-corrected chi connectivity index (χ1v) is 7.48. The smallest absolute Gasteiger partial charge is 0.265 e. The molecule has 0 aromatic heterocycles. The number of nitrogens with zero attached hydrogens (tertiary/aromatic N) is 2. The minimum absolute atomic E-state index is 0.142. The second kappa shape index (κ2) is 6.60. The summed E-state index contributed by atoms with van der Waals surface area (Å²) in [6, 6.07) is 13.5. The third-order valence-corrected chi connectivity index (χ3v) is 3.72. The van der Waals surface area contributed by atoms with Gasteiger partial charge >= 0.3 is 0 Å². The van der Waals surface area contributed by atoms with Crippen LogP contribution in [-0.4, -0.2) is 25.0 Å². The highest BCUT2D eigenvalue weighted by molar-refractivity contribution is 6.31. The van der Waals surface area contributed by atoms with Crippen molar-refractivity contribution in [2.24, 2.45) is 0 Å². The minimum atomic E-state index is -0.418. The van der Waals surface area contributed by atoms with E-state index in [2.05, 4.69) is 5.32 Å². The van der Waals surface area contributed by atoms with E-state index < -0.39 is 5.91 Å². The van der Waals surface area contributed by atoms with Crippen LogP contribution in [0.1, 0.15) is 5.56 Å². The Morgan fingerprint density at radius 2 is 2.12 bits per heavy atom. The van der Waals surface area contributed by atoms with Crippen LogP contribution in [0.25, 0.3) is 0 Å². The molecule has 1 heterocycles. The molecule has 24 heavy (non-hydrogen) atoms.